The number of nitrogens with zero attached hydrogens (tertiary/aromatic N) is 1. The molecular weight excluding hydrogens is 249 g/mol. The van der Waals surface area contributed by atoms with Crippen LogP contribution >= 0.6 is 0 Å². The number of rotatable bonds is 2. The van der Waals surface area contributed by atoms with E-state index in [1.54, 1.807) is 0 Å². The number of hydrogen-bond acceptors (Lipinski definition) is 3. The van der Waals surface area contributed by atoms with Crippen LogP contribution < -0.4 is 0 Å². The normalized spacial score (nSPS) is 20.9. The molecular formula is C16H24BNO2. The molecule has 1 saturated heterocycles. The lowest BCUT2D eigenvalue weighted by Crippen LogP contribution is -2.41. The van der Waals surface area contributed by atoms with E-state index in [0.717, 1.165) is 17.0 Å². The molecule has 0 amide bonds. The fourth-order valence-electron chi connectivity index (χ4n) is 2.43. The molecule has 2 heterocycles. The lowest BCUT2D eigenvalue weighted by Gasteiger charge is -2.32. The van der Waals surface area contributed by atoms with Gasteiger partial charge in [0.25, 0.3) is 0 Å². The Hall–Kier alpha value is -1.13. The zero-order valence-electron chi connectivity index (χ0n) is 13.6. The van der Waals surface area contributed by atoms with E-state index in [9.17, 15) is 0 Å². The summed E-state index contributed by atoms with van der Waals surface area (Å²) in [4.78, 5) is 4.50. The van der Waals surface area contributed by atoms with Gasteiger partial charge < -0.3 is 9.31 Å². The molecule has 0 aliphatic carbocycles. The van der Waals surface area contributed by atoms with Gasteiger partial charge in [0, 0.05) is 11.4 Å². The Morgan fingerprint density at radius 2 is 1.60 bits per heavy atom. The van der Waals surface area contributed by atoms with Crippen LogP contribution in [-0.4, -0.2) is 23.3 Å². The van der Waals surface area contributed by atoms with Crippen molar-refractivity contribution >= 4 is 13.2 Å². The van der Waals surface area contributed by atoms with E-state index >= 15 is 0 Å². The van der Waals surface area contributed by atoms with Crippen LogP contribution in [0.2, 0.25) is 0 Å². The van der Waals surface area contributed by atoms with Gasteiger partial charge in [-0.05, 0) is 65.7 Å². The summed E-state index contributed by atoms with van der Waals surface area (Å²) in [6.45, 7) is 14.4. The molecule has 1 aromatic heterocycles. The van der Waals surface area contributed by atoms with Crippen molar-refractivity contribution < 1.29 is 9.31 Å². The highest BCUT2D eigenvalue weighted by Gasteiger charge is 2.49. The Morgan fingerprint density at radius 1 is 1.05 bits per heavy atom. The first-order chi connectivity index (χ1) is 9.12. The fourth-order valence-corrected chi connectivity index (χ4v) is 2.43. The molecule has 0 bridgehead atoms. The summed E-state index contributed by atoms with van der Waals surface area (Å²) in [5, 5.41) is 0. The minimum absolute atomic E-state index is 0.294. The van der Waals surface area contributed by atoms with Crippen molar-refractivity contribution in [2.45, 2.75) is 59.7 Å². The number of pyridine rings is 1. The molecule has 20 heavy (non-hydrogen) atoms. The van der Waals surface area contributed by atoms with Crippen molar-refractivity contribution in [2.75, 3.05) is 0 Å². The Kier molecular flexibility index (Phi) is 3.82. The second-order valence-electron chi connectivity index (χ2n) is 6.56. The van der Waals surface area contributed by atoms with Gasteiger partial charge in [0.15, 0.2) is 0 Å². The quantitative estimate of drug-likeness (QED) is 0.771. The largest absolute Gasteiger partial charge is 0.487 e. The van der Waals surface area contributed by atoms with Crippen LogP contribution in [0.15, 0.2) is 12.0 Å². The Morgan fingerprint density at radius 3 is 2.10 bits per heavy atom. The van der Waals surface area contributed by atoms with Crippen molar-refractivity contribution in [3.05, 3.63) is 34.6 Å². The van der Waals surface area contributed by atoms with Crippen molar-refractivity contribution in [1.82, 2.24) is 4.98 Å². The van der Waals surface area contributed by atoms with Crippen molar-refractivity contribution in [3.8, 4) is 0 Å². The monoisotopic (exact) mass is 273 g/mol. The van der Waals surface area contributed by atoms with Gasteiger partial charge in [0.05, 0.1) is 11.2 Å². The smallest absolute Gasteiger partial charge is 0.400 e. The minimum atomic E-state index is -0.305. The van der Waals surface area contributed by atoms with Gasteiger partial charge in [-0.1, -0.05) is 12.1 Å². The Balaban J connectivity index is 2.20. The van der Waals surface area contributed by atoms with Gasteiger partial charge >= 0.3 is 7.12 Å². The highest BCUT2D eigenvalue weighted by Crippen LogP contribution is 2.37. The topological polar surface area (TPSA) is 31.4 Å². The van der Waals surface area contributed by atoms with Crippen LogP contribution in [0.4, 0.5) is 0 Å². The maximum absolute atomic E-state index is 5.96. The summed E-state index contributed by atoms with van der Waals surface area (Å²) in [5.74, 6) is 1.98. The van der Waals surface area contributed by atoms with Crippen LogP contribution in [-0.2, 0) is 9.31 Å². The molecule has 0 N–H and O–H groups in total. The van der Waals surface area contributed by atoms with Crippen molar-refractivity contribution in [2.24, 2.45) is 0 Å². The summed E-state index contributed by atoms with van der Waals surface area (Å²) in [5.41, 5.74) is 3.87. The Labute approximate surface area is 122 Å². The van der Waals surface area contributed by atoms with Gasteiger partial charge in [-0.25, -0.2) is 0 Å². The lowest BCUT2D eigenvalue weighted by molar-refractivity contribution is 0.00578. The van der Waals surface area contributed by atoms with Crippen LogP contribution in [0.3, 0.4) is 0 Å². The lowest BCUT2D eigenvalue weighted by atomic mass is 9.88. The molecule has 3 nitrogen and oxygen atoms in total. The molecule has 1 aromatic rings. The molecule has 0 unspecified atom stereocenters. The minimum Gasteiger partial charge on any atom is -0.400 e. The molecule has 108 valence electrons. The molecule has 1 fully saturated rings. The fraction of sp³-hybridized carbons (Fsp3) is 0.562. The first-order valence-electron chi connectivity index (χ1n) is 7.11. The third-order valence-electron chi connectivity index (χ3n) is 4.28. The van der Waals surface area contributed by atoms with E-state index in [-0.39, 0.29) is 18.3 Å². The molecule has 1 aliphatic heterocycles. The summed E-state index contributed by atoms with van der Waals surface area (Å²) in [7, 11) is -0.305. The van der Waals surface area contributed by atoms with Gasteiger partial charge in [-0.15, -0.1) is 0 Å². The maximum Gasteiger partial charge on any atom is 0.487 e. The SMILES string of the molecule is Cc1cc(C)c(/C=C/B2OC(C)(C)C(C)(C)O2)c(C)n1. The van der Waals surface area contributed by atoms with E-state index < -0.39 is 0 Å². The van der Waals surface area contributed by atoms with E-state index in [0.29, 0.717) is 0 Å². The first kappa shape index (κ1) is 15.3. The molecule has 0 atom stereocenters. The third kappa shape index (κ3) is 2.81. The molecule has 1 aliphatic rings. The molecule has 0 radical (unpaired) electrons. The van der Waals surface area contributed by atoms with Crippen LogP contribution in [0.5, 0.6) is 0 Å². The van der Waals surface area contributed by atoms with Gasteiger partial charge in [0.2, 0.25) is 0 Å². The standard InChI is InChI=1S/C16H24BNO2/c1-11-10-12(2)18-13(3)14(11)8-9-17-19-15(4,5)16(6,7)20-17/h8-10H,1-7H3/b9-8+. The van der Waals surface area contributed by atoms with Crippen LogP contribution in [0.1, 0.15) is 50.2 Å². The summed E-state index contributed by atoms with van der Waals surface area (Å²) >= 11 is 0. The van der Waals surface area contributed by atoms with Gasteiger partial charge in [-0.3, -0.25) is 4.98 Å². The van der Waals surface area contributed by atoms with Crippen molar-refractivity contribution in [1.29, 1.82) is 0 Å². The average Bonchev–Trinajstić information content (AvgIpc) is 2.45. The van der Waals surface area contributed by atoms with E-state index in [1.807, 2.05) is 19.8 Å². The van der Waals surface area contributed by atoms with E-state index in [2.05, 4.69) is 51.7 Å². The van der Waals surface area contributed by atoms with Crippen LogP contribution in [0.25, 0.3) is 6.08 Å². The highest BCUT2D eigenvalue weighted by atomic mass is 16.7. The summed E-state index contributed by atoms with van der Waals surface area (Å²) in [6, 6.07) is 2.09. The number of aryl methyl sites for hydroxylation is 3. The second kappa shape index (κ2) is 5.01. The summed E-state index contributed by atoms with van der Waals surface area (Å²) < 4.78 is 11.9. The number of hydrogen-bond donors (Lipinski definition) is 0. The predicted molar refractivity (Wildman–Crippen MR) is 83.6 cm³/mol. The molecule has 0 saturated carbocycles. The molecule has 2 rings (SSSR count). The van der Waals surface area contributed by atoms with Gasteiger partial charge in [0.1, 0.15) is 0 Å². The number of aromatic nitrogens is 1. The Bertz CT molecular complexity index is 510. The average molecular weight is 273 g/mol. The zero-order valence-corrected chi connectivity index (χ0v) is 13.6. The van der Waals surface area contributed by atoms with E-state index in [4.69, 9.17) is 9.31 Å². The van der Waals surface area contributed by atoms with Crippen molar-refractivity contribution in [3.63, 3.8) is 0 Å². The molecule has 0 spiro atoms. The molecule has 0 aromatic carbocycles. The maximum atomic E-state index is 5.96. The molecule has 4 heteroatoms. The van der Waals surface area contributed by atoms with E-state index in [1.165, 1.54) is 5.56 Å². The summed E-state index contributed by atoms with van der Waals surface area (Å²) in [6.07, 6.45) is 2.05. The van der Waals surface area contributed by atoms with Crippen LogP contribution in [0, 0.1) is 20.8 Å². The third-order valence-corrected chi connectivity index (χ3v) is 4.28. The predicted octanol–water partition coefficient (Wildman–Crippen LogP) is 3.65. The highest BCUT2D eigenvalue weighted by molar-refractivity contribution is 6.52. The second-order valence-corrected chi connectivity index (χ2v) is 6.56. The zero-order chi connectivity index (χ0) is 15.1. The van der Waals surface area contributed by atoms with Gasteiger partial charge in [-0.2, -0.15) is 0 Å². The first-order valence-corrected chi connectivity index (χ1v) is 7.11.